The Labute approximate surface area is 147 Å². The van der Waals surface area contributed by atoms with E-state index in [0.717, 1.165) is 37.1 Å². The van der Waals surface area contributed by atoms with E-state index in [4.69, 9.17) is 4.74 Å². The maximum atomic E-state index is 12.4. The predicted molar refractivity (Wildman–Crippen MR) is 99.4 cm³/mol. The Morgan fingerprint density at radius 2 is 1.67 bits per heavy atom. The molecule has 134 valence electrons. The van der Waals surface area contributed by atoms with E-state index in [0.29, 0.717) is 12.4 Å². The smallest absolute Gasteiger partial charge is 0.165 e. The van der Waals surface area contributed by atoms with Gasteiger partial charge in [-0.2, -0.15) is 0 Å². The number of likely N-dealkylation sites (tertiary alicyclic amines) is 1. The Kier molecular flexibility index (Phi) is 7.93. The predicted octanol–water partition coefficient (Wildman–Crippen LogP) is 4.70. The largest absolute Gasteiger partial charge is 0.375 e. The van der Waals surface area contributed by atoms with E-state index in [2.05, 4.69) is 4.90 Å². The second kappa shape index (κ2) is 9.95. The fraction of sp³-hybridized carbons (Fsp3) is 0.667. The lowest BCUT2D eigenvalue weighted by Crippen LogP contribution is -2.32. The third-order valence-electron chi connectivity index (χ3n) is 5.23. The maximum Gasteiger partial charge on any atom is 0.165 e. The molecule has 3 heteroatoms. The van der Waals surface area contributed by atoms with Crippen molar-refractivity contribution in [2.45, 2.75) is 59.0 Å². The van der Waals surface area contributed by atoms with Gasteiger partial charge in [-0.05, 0) is 44.3 Å². The molecule has 1 saturated carbocycles. The van der Waals surface area contributed by atoms with Crippen LogP contribution in [0.2, 0.25) is 0 Å². The molecule has 0 atom stereocenters. The van der Waals surface area contributed by atoms with Crippen LogP contribution >= 0.6 is 0 Å². The van der Waals surface area contributed by atoms with E-state index in [9.17, 15) is 4.79 Å². The van der Waals surface area contributed by atoms with Crippen molar-refractivity contribution in [2.75, 3.05) is 26.2 Å². The fourth-order valence-corrected chi connectivity index (χ4v) is 3.76. The standard InChI is InChI=1S/C20H29NO2.CH4/c22-20(18-6-2-3-7-18)19-10-8-17(9-11-19)16-23-15-14-21-12-4-1-5-13-21;/h8-11,18H,1-7,12-16H2;1H4. The summed E-state index contributed by atoms with van der Waals surface area (Å²) in [7, 11) is 0. The molecule has 24 heavy (non-hydrogen) atoms. The second-order valence-corrected chi connectivity index (χ2v) is 7.00. The molecular weight excluding hydrogens is 298 g/mol. The third kappa shape index (κ3) is 5.42. The number of piperidine rings is 1. The number of ketones is 1. The minimum absolute atomic E-state index is 0. The van der Waals surface area contributed by atoms with Crippen LogP contribution in [0, 0.1) is 5.92 Å². The average molecular weight is 332 g/mol. The molecule has 2 fully saturated rings. The Morgan fingerprint density at radius 3 is 2.33 bits per heavy atom. The highest BCUT2D eigenvalue weighted by molar-refractivity contribution is 5.98. The van der Waals surface area contributed by atoms with Gasteiger partial charge in [-0.15, -0.1) is 0 Å². The minimum Gasteiger partial charge on any atom is -0.375 e. The highest BCUT2D eigenvalue weighted by Crippen LogP contribution is 2.28. The molecular formula is C21H33NO2. The second-order valence-electron chi connectivity index (χ2n) is 7.00. The van der Waals surface area contributed by atoms with Crippen molar-refractivity contribution in [3.63, 3.8) is 0 Å². The zero-order valence-electron chi connectivity index (χ0n) is 14.1. The molecule has 1 aliphatic heterocycles. The lowest BCUT2D eigenvalue weighted by Gasteiger charge is -2.26. The fourth-order valence-electron chi connectivity index (χ4n) is 3.76. The van der Waals surface area contributed by atoms with Crippen LogP contribution in [0.5, 0.6) is 0 Å². The molecule has 1 aromatic rings. The summed E-state index contributed by atoms with van der Waals surface area (Å²) in [6.45, 7) is 4.93. The molecule has 1 aromatic carbocycles. The van der Waals surface area contributed by atoms with Gasteiger partial charge in [0.05, 0.1) is 13.2 Å². The minimum atomic E-state index is 0. The average Bonchev–Trinajstić information content (AvgIpc) is 3.14. The van der Waals surface area contributed by atoms with Crippen molar-refractivity contribution < 1.29 is 9.53 Å². The molecule has 0 radical (unpaired) electrons. The van der Waals surface area contributed by atoms with E-state index in [1.165, 1.54) is 45.2 Å². The molecule has 1 saturated heterocycles. The molecule has 1 aliphatic carbocycles. The van der Waals surface area contributed by atoms with E-state index in [-0.39, 0.29) is 13.3 Å². The lowest BCUT2D eigenvalue weighted by molar-refractivity contribution is 0.0862. The van der Waals surface area contributed by atoms with Crippen LogP contribution in [-0.4, -0.2) is 36.9 Å². The summed E-state index contributed by atoms with van der Waals surface area (Å²) in [5.41, 5.74) is 2.03. The van der Waals surface area contributed by atoms with Gasteiger partial charge in [-0.25, -0.2) is 0 Å². The van der Waals surface area contributed by atoms with E-state index in [1.54, 1.807) is 0 Å². The van der Waals surface area contributed by atoms with Crippen molar-refractivity contribution in [2.24, 2.45) is 5.92 Å². The van der Waals surface area contributed by atoms with Crippen molar-refractivity contribution in [1.29, 1.82) is 0 Å². The summed E-state index contributed by atoms with van der Waals surface area (Å²) in [5.74, 6) is 0.599. The highest BCUT2D eigenvalue weighted by Gasteiger charge is 2.23. The maximum absolute atomic E-state index is 12.4. The first-order chi connectivity index (χ1) is 11.3. The van der Waals surface area contributed by atoms with Gasteiger partial charge < -0.3 is 9.64 Å². The lowest BCUT2D eigenvalue weighted by atomic mass is 9.96. The molecule has 2 aliphatic rings. The Balaban J connectivity index is 0.00000208. The molecule has 1 heterocycles. The summed E-state index contributed by atoms with van der Waals surface area (Å²) in [6.07, 6.45) is 8.59. The first-order valence-electron chi connectivity index (χ1n) is 9.26. The monoisotopic (exact) mass is 331 g/mol. The topological polar surface area (TPSA) is 29.5 Å². The molecule has 0 aromatic heterocycles. The van der Waals surface area contributed by atoms with Crippen LogP contribution in [0.1, 0.15) is 68.3 Å². The quantitative estimate of drug-likeness (QED) is 0.536. The van der Waals surface area contributed by atoms with E-state index < -0.39 is 0 Å². The molecule has 0 bridgehead atoms. The molecule has 3 nitrogen and oxygen atoms in total. The van der Waals surface area contributed by atoms with Crippen molar-refractivity contribution >= 4 is 5.78 Å². The van der Waals surface area contributed by atoms with Gasteiger partial charge in [-0.3, -0.25) is 4.79 Å². The van der Waals surface area contributed by atoms with Crippen molar-refractivity contribution in [3.8, 4) is 0 Å². The number of rotatable bonds is 7. The number of hydrogen-bond acceptors (Lipinski definition) is 3. The zero-order chi connectivity index (χ0) is 15.9. The van der Waals surface area contributed by atoms with Gasteiger partial charge >= 0.3 is 0 Å². The van der Waals surface area contributed by atoms with Crippen LogP contribution in [0.3, 0.4) is 0 Å². The number of ether oxygens (including phenoxy) is 1. The van der Waals surface area contributed by atoms with Crippen LogP contribution < -0.4 is 0 Å². The van der Waals surface area contributed by atoms with Gasteiger partial charge in [0, 0.05) is 18.0 Å². The van der Waals surface area contributed by atoms with Gasteiger partial charge in [0.25, 0.3) is 0 Å². The Hall–Kier alpha value is -1.19. The van der Waals surface area contributed by atoms with Gasteiger partial charge in [-0.1, -0.05) is 51.0 Å². The molecule has 0 spiro atoms. The van der Waals surface area contributed by atoms with Crippen LogP contribution in [0.15, 0.2) is 24.3 Å². The number of benzene rings is 1. The number of hydrogen-bond donors (Lipinski definition) is 0. The summed E-state index contributed by atoms with van der Waals surface area (Å²) in [5, 5.41) is 0. The summed E-state index contributed by atoms with van der Waals surface area (Å²) >= 11 is 0. The third-order valence-corrected chi connectivity index (χ3v) is 5.23. The van der Waals surface area contributed by atoms with Crippen LogP contribution in [-0.2, 0) is 11.3 Å². The van der Waals surface area contributed by atoms with E-state index in [1.807, 2.05) is 24.3 Å². The Morgan fingerprint density at radius 1 is 1.00 bits per heavy atom. The van der Waals surface area contributed by atoms with Crippen LogP contribution in [0.4, 0.5) is 0 Å². The van der Waals surface area contributed by atoms with E-state index >= 15 is 0 Å². The van der Waals surface area contributed by atoms with Crippen molar-refractivity contribution in [1.82, 2.24) is 4.90 Å². The summed E-state index contributed by atoms with van der Waals surface area (Å²) in [4.78, 5) is 14.8. The van der Waals surface area contributed by atoms with Crippen LogP contribution in [0.25, 0.3) is 0 Å². The Bertz CT molecular complexity index is 485. The number of carbonyl (C=O) groups is 1. The first-order valence-corrected chi connectivity index (χ1v) is 9.26. The molecule has 3 rings (SSSR count). The van der Waals surface area contributed by atoms with Gasteiger partial charge in [0.2, 0.25) is 0 Å². The van der Waals surface area contributed by atoms with Gasteiger partial charge in [0.15, 0.2) is 5.78 Å². The first kappa shape index (κ1) is 19.1. The number of nitrogens with zero attached hydrogens (tertiary/aromatic N) is 1. The molecule has 0 amide bonds. The SMILES string of the molecule is C.O=C(c1ccc(COCCN2CCCCC2)cc1)C1CCCC1. The zero-order valence-corrected chi connectivity index (χ0v) is 14.1. The summed E-state index contributed by atoms with van der Waals surface area (Å²) in [6, 6.07) is 8.04. The number of carbonyl (C=O) groups excluding carboxylic acids is 1. The van der Waals surface area contributed by atoms with Gasteiger partial charge in [0.1, 0.15) is 0 Å². The summed E-state index contributed by atoms with van der Waals surface area (Å²) < 4.78 is 5.80. The number of Topliss-reactive ketones (excluding diaryl/α,β-unsaturated/α-hetero) is 1. The normalized spacial score (nSPS) is 19.2. The highest BCUT2D eigenvalue weighted by atomic mass is 16.5. The van der Waals surface area contributed by atoms with Crippen molar-refractivity contribution in [3.05, 3.63) is 35.4 Å². The molecule has 0 unspecified atom stereocenters. The molecule has 0 N–H and O–H groups in total.